The predicted octanol–water partition coefficient (Wildman–Crippen LogP) is 5.69. The molecule has 1 heterocycles. The van der Waals surface area contributed by atoms with E-state index < -0.39 is 0 Å². The molecule has 0 fully saturated rings. The van der Waals surface area contributed by atoms with Crippen molar-refractivity contribution in [1.82, 2.24) is 9.78 Å². The molecule has 1 aromatic heterocycles. The van der Waals surface area contributed by atoms with E-state index in [0.29, 0.717) is 27.2 Å². The van der Waals surface area contributed by atoms with Crippen molar-refractivity contribution >= 4 is 35.1 Å². The summed E-state index contributed by atoms with van der Waals surface area (Å²) in [5.41, 5.74) is 2.06. The molecule has 0 radical (unpaired) electrons. The van der Waals surface area contributed by atoms with Gasteiger partial charge in [0.1, 0.15) is 28.8 Å². The van der Waals surface area contributed by atoms with Gasteiger partial charge in [-0.05, 0) is 48.9 Å². The number of rotatable bonds is 8. The molecule has 7 heteroatoms. The zero-order valence-corrected chi connectivity index (χ0v) is 17.6. The van der Waals surface area contributed by atoms with Crippen molar-refractivity contribution in [2.45, 2.75) is 20.1 Å². The average molecular weight is 431 g/mol. The second-order valence-electron chi connectivity index (χ2n) is 6.17. The van der Waals surface area contributed by atoms with Crippen molar-refractivity contribution in [2.75, 3.05) is 7.11 Å². The van der Waals surface area contributed by atoms with E-state index in [1.807, 2.05) is 25.1 Å². The second-order valence-corrected chi connectivity index (χ2v) is 6.95. The van der Waals surface area contributed by atoms with Crippen molar-refractivity contribution in [3.63, 3.8) is 0 Å². The molecule has 2 aromatic carbocycles. The third kappa shape index (κ3) is 5.19. The highest BCUT2D eigenvalue weighted by atomic mass is 35.5. The number of benzene rings is 2. The summed E-state index contributed by atoms with van der Waals surface area (Å²) < 4.78 is 12.9. The first kappa shape index (κ1) is 21.0. The molecule has 0 saturated carbocycles. The summed E-state index contributed by atoms with van der Waals surface area (Å²) in [6.45, 7) is 2.92. The van der Waals surface area contributed by atoms with E-state index in [-0.39, 0.29) is 12.4 Å². The van der Waals surface area contributed by atoms with Gasteiger partial charge in [0, 0.05) is 18.3 Å². The molecule has 0 spiro atoms. The molecule has 0 aliphatic carbocycles. The topological polar surface area (TPSA) is 53.4 Å². The highest BCUT2D eigenvalue weighted by Gasteiger charge is 2.10. The molecule has 3 aromatic rings. The molecule has 0 unspecified atom stereocenters. The van der Waals surface area contributed by atoms with Gasteiger partial charge in [-0.2, -0.15) is 5.10 Å². The van der Waals surface area contributed by atoms with Crippen LogP contribution in [0.1, 0.15) is 28.5 Å². The number of carbonyl (C=O) groups excluding carboxylic acids is 1. The van der Waals surface area contributed by atoms with Crippen LogP contribution in [-0.4, -0.2) is 22.7 Å². The maximum atomic E-state index is 12.3. The fourth-order valence-electron chi connectivity index (χ4n) is 2.69. The van der Waals surface area contributed by atoms with E-state index in [1.165, 1.54) is 6.08 Å². The number of methoxy groups -OCH3 is 1. The lowest BCUT2D eigenvalue weighted by Gasteiger charge is -2.12. The Morgan fingerprint density at radius 2 is 2.00 bits per heavy atom. The molecule has 29 heavy (non-hydrogen) atoms. The molecular formula is C22H20Cl2N2O3. The summed E-state index contributed by atoms with van der Waals surface area (Å²) in [4.78, 5) is 12.3. The van der Waals surface area contributed by atoms with Crippen LogP contribution in [0.5, 0.6) is 11.5 Å². The van der Waals surface area contributed by atoms with Gasteiger partial charge in [0.25, 0.3) is 0 Å². The Hall–Kier alpha value is -2.76. The number of hydrogen-bond donors (Lipinski definition) is 0. The fraction of sp³-hybridized carbons (Fsp3) is 0.182. The predicted molar refractivity (Wildman–Crippen MR) is 115 cm³/mol. The molecule has 5 nitrogen and oxygen atoms in total. The Kier molecular flexibility index (Phi) is 6.96. The lowest BCUT2D eigenvalue weighted by molar-refractivity contribution is 0.104. The minimum Gasteiger partial charge on any atom is -0.496 e. The van der Waals surface area contributed by atoms with Gasteiger partial charge in [0.2, 0.25) is 5.78 Å². The molecular weight excluding hydrogens is 411 g/mol. The number of ketones is 1. The standard InChI is InChI=1S/C22H20Cl2N2O3/c1-3-26-12-11-18(25-26)19(27)9-7-15-8-10-20(28-2)16(13-15)14-29-21-6-4-5-17(23)22(21)24/h4-13H,3,14H2,1-2H3/b9-7+. The minimum atomic E-state index is -0.156. The number of carbonyl (C=O) groups is 1. The van der Waals surface area contributed by atoms with Gasteiger partial charge in [-0.1, -0.05) is 41.4 Å². The molecule has 0 amide bonds. The minimum absolute atomic E-state index is 0.156. The van der Waals surface area contributed by atoms with Crippen LogP contribution < -0.4 is 9.47 Å². The van der Waals surface area contributed by atoms with Crippen molar-refractivity contribution in [3.05, 3.63) is 81.6 Å². The van der Waals surface area contributed by atoms with Gasteiger partial charge < -0.3 is 9.47 Å². The first-order chi connectivity index (χ1) is 14.0. The number of hydrogen-bond acceptors (Lipinski definition) is 4. The summed E-state index contributed by atoms with van der Waals surface area (Å²) in [6.07, 6.45) is 5.02. The van der Waals surface area contributed by atoms with E-state index in [0.717, 1.165) is 17.7 Å². The molecule has 150 valence electrons. The first-order valence-electron chi connectivity index (χ1n) is 9.01. The largest absolute Gasteiger partial charge is 0.496 e. The third-order valence-corrected chi connectivity index (χ3v) is 5.05. The van der Waals surface area contributed by atoms with Crippen LogP contribution in [0.25, 0.3) is 6.08 Å². The van der Waals surface area contributed by atoms with E-state index in [1.54, 1.807) is 48.3 Å². The summed E-state index contributed by atoms with van der Waals surface area (Å²) in [5, 5.41) is 5.01. The molecule has 0 bridgehead atoms. The average Bonchev–Trinajstić information content (AvgIpc) is 3.22. The number of halogens is 2. The maximum absolute atomic E-state index is 12.3. The molecule has 0 atom stereocenters. The number of nitrogens with zero attached hydrogens (tertiary/aromatic N) is 2. The van der Waals surface area contributed by atoms with Crippen LogP contribution in [0.15, 0.2) is 54.7 Å². The van der Waals surface area contributed by atoms with Gasteiger partial charge in [-0.3, -0.25) is 9.48 Å². The number of aromatic nitrogens is 2. The van der Waals surface area contributed by atoms with Crippen molar-refractivity contribution < 1.29 is 14.3 Å². The Bertz CT molecular complexity index is 1040. The van der Waals surface area contributed by atoms with E-state index in [9.17, 15) is 4.79 Å². The number of ether oxygens (including phenoxy) is 2. The summed E-state index contributed by atoms with van der Waals surface area (Å²) >= 11 is 12.2. The van der Waals surface area contributed by atoms with Gasteiger partial charge in [-0.15, -0.1) is 0 Å². The van der Waals surface area contributed by atoms with Gasteiger partial charge in [0.05, 0.1) is 12.1 Å². The van der Waals surface area contributed by atoms with Crippen LogP contribution in [0.2, 0.25) is 10.0 Å². The second kappa shape index (κ2) is 9.63. The van der Waals surface area contributed by atoms with Crippen LogP contribution in [0.4, 0.5) is 0 Å². The first-order valence-corrected chi connectivity index (χ1v) is 9.77. The van der Waals surface area contributed by atoms with Crippen LogP contribution in [0, 0.1) is 0 Å². The van der Waals surface area contributed by atoms with E-state index in [2.05, 4.69) is 5.10 Å². The Labute approximate surface area is 179 Å². The molecule has 0 N–H and O–H groups in total. The van der Waals surface area contributed by atoms with Crippen LogP contribution in [0.3, 0.4) is 0 Å². The normalized spacial score (nSPS) is 11.0. The number of aryl methyl sites for hydroxylation is 1. The van der Waals surface area contributed by atoms with Crippen LogP contribution in [-0.2, 0) is 13.2 Å². The molecule has 0 aliphatic heterocycles. The zero-order chi connectivity index (χ0) is 20.8. The SMILES string of the molecule is CCn1ccc(C(=O)/C=C/c2ccc(OC)c(COc3cccc(Cl)c3Cl)c2)n1. The molecule has 0 aliphatic rings. The fourth-order valence-corrected chi connectivity index (χ4v) is 3.04. The van der Waals surface area contributed by atoms with Crippen molar-refractivity contribution in [3.8, 4) is 11.5 Å². The monoisotopic (exact) mass is 430 g/mol. The van der Waals surface area contributed by atoms with Gasteiger partial charge in [-0.25, -0.2) is 0 Å². The quantitative estimate of drug-likeness (QED) is 0.340. The highest BCUT2D eigenvalue weighted by molar-refractivity contribution is 6.42. The molecule has 3 rings (SSSR count). The molecule has 0 saturated heterocycles. The van der Waals surface area contributed by atoms with Crippen molar-refractivity contribution in [2.24, 2.45) is 0 Å². The third-order valence-electron chi connectivity index (χ3n) is 4.25. The lowest BCUT2D eigenvalue weighted by atomic mass is 10.1. The van der Waals surface area contributed by atoms with Gasteiger partial charge >= 0.3 is 0 Å². The van der Waals surface area contributed by atoms with Gasteiger partial charge in [0.15, 0.2) is 0 Å². The maximum Gasteiger partial charge on any atom is 0.206 e. The Morgan fingerprint density at radius 3 is 2.72 bits per heavy atom. The smallest absolute Gasteiger partial charge is 0.206 e. The Balaban J connectivity index is 1.75. The summed E-state index contributed by atoms with van der Waals surface area (Å²) in [6, 6.07) is 12.5. The van der Waals surface area contributed by atoms with E-state index in [4.69, 9.17) is 32.7 Å². The zero-order valence-electron chi connectivity index (χ0n) is 16.1. The summed E-state index contributed by atoms with van der Waals surface area (Å²) in [7, 11) is 1.59. The highest BCUT2D eigenvalue weighted by Crippen LogP contribution is 2.32. The lowest BCUT2D eigenvalue weighted by Crippen LogP contribution is -2.01. The number of allylic oxidation sites excluding steroid dienone is 1. The summed E-state index contributed by atoms with van der Waals surface area (Å²) in [5.74, 6) is 1.01. The Morgan fingerprint density at radius 1 is 1.17 bits per heavy atom. The van der Waals surface area contributed by atoms with E-state index >= 15 is 0 Å². The van der Waals surface area contributed by atoms with Crippen LogP contribution >= 0.6 is 23.2 Å². The van der Waals surface area contributed by atoms with Crippen molar-refractivity contribution in [1.29, 1.82) is 0 Å².